The molecule has 4 saturated carbocycles. The van der Waals surface area contributed by atoms with Crippen LogP contribution in [0, 0.1) is 17.8 Å². The molecule has 1 saturated heterocycles. The molecule has 2 heterocycles. The molecule has 5 heteroatoms. The van der Waals surface area contributed by atoms with Crippen molar-refractivity contribution in [1.29, 1.82) is 0 Å². The van der Waals surface area contributed by atoms with E-state index in [1.165, 1.54) is 38.5 Å². The van der Waals surface area contributed by atoms with Gasteiger partial charge in [-0.15, -0.1) is 0 Å². The molecular weight excluding hydrogens is 338 g/mol. The van der Waals surface area contributed by atoms with Gasteiger partial charge in [0.05, 0.1) is 0 Å². The number of aromatic nitrogens is 1. The summed E-state index contributed by atoms with van der Waals surface area (Å²) in [7, 11) is 1.78. The molecule has 0 aromatic carbocycles. The van der Waals surface area contributed by atoms with Gasteiger partial charge in [0.1, 0.15) is 0 Å². The first-order valence-electron chi connectivity index (χ1n) is 10.7. The highest BCUT2D eigenvalue weighted by molar-refractivity contribution is 5.75. The van der Waals surface area contributed by atoms with E-state index < -0.39 is 0 Å². The van der Waals surface area contributed by atoms with Crippen molar-refractivity contribution in [1.82, 2.24) is 14.8 Å². The van der Waals surface area contributed by atoms with Crippen LogP contribution in [-0.2, 0) is 7.05 Å². The van der Waals surface area contributed by atoms with Crippen molar-refractivity contribution >= 4 is 6.03 Å². The van der Waals surface area contributed by atoms with Crippen molar-refractivity contribution < 1.29 is 4.79 Å². The van der Waals surface area contributed by atoms with E-state index in [2.05, 4.69) is 11.4 Å². The third-order valence-electron chi connectivity index (χ3n) is 7.79. The van der Waals surface area contributed by atoms with Gasteiger partial charge in [0.15, 0.2) is 0 Å². The second-order valence-electron chi connectivity index (χ2n) is 9.80. The fraction of sp³-hybridized carbons (Fsp3) is 0.727. The number of amides is 2. The number of piperidine rings is 1. The van der Waals surface area contributed by atoms with Crippen molar-refractivity contribution in [3.8, 4) is 0 Å². The molecule has 4 bridgehead atoms. The van der Waals surface area contributed by atoms with Crippen molar-refractivity contribution in [3.05, 3.63) is 34.2 Å². The molecule has 2 amide bonds. The van der Waals surface area contributed by atoms with Gasteiger partial charge in [-0.1, -0.05) is 0 Å². The predicted octanol–water partition coefficient (Wildman–Crippen LogP) is 3.24. The lowest BCUT2D eigenvalue weighted by Crippen LogP contribution is -2.62. The number of urea groups is 1. The summed E-state index contributed by atoms with van der Waals surface area (Å²) in [6.07, 6.45) is 11.6. The van der Waals surface area contributed by atoms with Gasteiger partial charge >= 0.3 is 6.03 Å². The number of nitrogens with one attached hydrogen (secondary N) is 1. The largest absolute Gasteiger partial charge is 0.333 e. The topological polar surface area (TPSA) is 54.3 Å². The molecule has 0 unspecified atom stereocenters. The lowest BCUT2D eigenvalue weighted by molar-refractivity contribution is -0.0160. The Morgan fingerprint density at radius 1 is 1.07 bits per heavy atom. The third-order valence-corrected chi connectivity index (χ3v) is 7.79. The summed E-state index contributed by atoms with van der Waals surface area (Å²) in [4.78, 5) is 26.9. The van der Waals surface area contributed by atoms with Gasteiger partial charge in [0, 0.05) is 37.9 Å². The van der Waals surface area contributed by atoms with Gasteiger partial charge in [0.25, 0.3) is 5.56 Å². The second kappa shape index (κ2) is 6.39. The first-order chi connectivity index (χ1) is 13.0. The van der Waals surface area contributed by atoms with Crippen LogP contribution in [0.15, 0.2) is 23.1 Å². The first-order valence-corrected chi connectivity index (χ1v) is 10.7. The van der Waals surface area contributed by atoms with Crippen LogP contribution in [0.3, 0.4) is 0 Å². The molecule has 0 radical (unpaired) electrons. The number of nitrogens with zero attached hydrogens (tertiary/aromatic N) is 2. The smallest absolute Gasteiger partial charge is 0.317 e. The van der Waals surface area contributed by atoms with E-state index in [1.807, 2.05) is 11.1 Å². The second-order valence-corrected chi connectivity index (χ2v) is 9.80. The molecule has 1 aromatic rings. The highest BCUT2D eigenvalue weighted by atomic mass is 16.2. The minimum Gasteiger partial charge on any atom is -0.333 e. The maximum Gasteiger partial charge on any atom is 0.317 e. The van der Waals surface area contributed by atoms with E-state index in [0.717, 1.165) is 49.2 Å². The average Bonchev–Trinajstić information content (AvgIpc) is 2.62. The van der Waals surface area contributed by atoms with Crippen molar-refractivity contribution in [2.24, 2.45) is 24.8 Å². The van der Waals surface area contributed by atoms with E-state index in [9.17, 15) is 9.59 Å². The molecular formula is C22H31N3O2. The van der Waals surface area contributed by atoms with Gasteiger partial charge in [-0.25, -0.2) is 4.79 Å². The lowest BCUT2D eigenvalue weighted by atomic mass is 9.53. The van der Waals surface area contributed by atoms with Crippen LogP contribution in [0.25, 0.3) is 0 Å². The van der Waals surface area contributed by atoms with Gasteiger partial charge in [-0.2, -0.15) is 0 Å². The van der Waals surface area contributed by atoms with Crippen molar-refractivity contribution in [3.63, 3.8) is 0 Å². The number of rotatable bonds is 2. The Labute approximate surface area is 161 Å². The molecule has 146 valence electrons. The maximum atomic E-state index is 13.0. The average molecular weight is 370 g/mol. The number of carbonyl (C=O) groups is 1. The van der Waals surface area contributed by atoms with E-state index >= 15 is 0 Å². The Kier molecular flexibility index (Phi) is 4.10. The molecule has 5 nitrogen and oxygen atoms in total. The van der Waals surface area contributed by atoms with Crippen LogP contribution >= 0.6 is 0 Å². The monoisotopic (exact) mass is 369 g/mol. The molecule has 0 atom stereocenters. The van der Waals surface area contributed by atoms with E-state index in [1.54, 1.807) is 17.7 Å². The number of hydrogen-bond acceptors (Lipinski definition) is 2. The summed E-state index contributed by atoms with van der Waals surface area (Å²) >= 11 is 0. The van der Waals surface area contributed by atoms with Crippen LogP contribution in [-0.4, -0.2) is 34.1 Å². The van der Waals surface area contributed by atoms with Crippen molar-refractivity contribution in [2.45, 2.75) is 62.8 Å². The molecule has 6 rings (SSSR count). The minimum absolute atomic E-state index is 0.0505. The maximum absolute atomic E-state index is 13.0. The zero-order valence-electron chi connectivity index (χ0n) is 16.3. The Hall–Kier alpha value is -1.78. The minimum atomic E-state index is 0.0505. The summed E-state index contributed by atoms with van der Waals surface area (Å²) < 4.78 is 1.61. The van der Waals surface area contributed by atoms with E-state index in [4.69, 9.17) is 0 Å². The molecule has 5 aliphatic rings. The number of likely N-dealkylation sites (tertiary alicyclic amines) is 1. The highest BCUT2D eigenvalue weighted by Crippen LogP contribution is 2.55. The quantitative estimate of drug-likeness (QED) is 0.870. The summed E-state index contributed by atoms with van der Waals surface area (Å²) in [6, 6.07) is 3.96. The van der Waals surface area contributed by atoms with Gasteiger partial charge < -0.3 is 14.8 Å². The zero-order valence-corrected chi connectivity index (χ0v) is 16.3. The number of aryl methyl sites for hydroxylation is 1. The third kappa shape index (κ3) is 3.19. The lowest BCUT2D eigenvalue weighted by Gasteiger charge is -2.57. The van der Waals surface area contributed by atoms with E-state index in [-0.39, 0.29) is 17.1 Å². The van der Waals surface area contributed by atoms with Crippen LogP contribution in [0.5, 0.6) is 0 Å². The Bertz CT molecular complexity index is 756. The number of hydrogen-bond donors (Lipinski definition) is 1. The number of carbonyl (C=O) groups excluding carboxylic acids is 1. The van der Waals surface area contributed by atoms with Gasteiger partial charge in [0.2, 0.25) is 0 Å². The Balaban J connectivity index is 1.20. The Morgan fingerprint density at radius 2 is 1.67 bits per heavy atom. The highest BCUT2D eigenvalue weighted by Gasteiger charge is 2.51. The van der Waals surface area contributed by atoms with E-state index in [0.29, 0.717) is 5.92 Å². The molecule has 1 aromatic heterocycles. The first kappa shape index (κ1) is 17.3. The summed E-state index contributed by atoms with van der Waals surface area (Å²) in [5.41, 5.74) is 1.27. The fourth-order valence-electron chi connectivity index (χ4n) is 6.80. The van der Waals surface area contributed by atoms with Crippen LogP contribution in [0.2, 0.25) is 0 Å². The van der Waals surface area contributed by atoms with Crippen LogP contribution < -0.4 is 10.9 Å². The summed E-state index contributed by atoms with van der Waals surface area (Å²) in [5, 5.41) is 3.50. The molecule has 27 heavy (non-hydrogen) atoms. The van der Waals surface area contributed by atoms with Crippen LogP contribution in [0.1, 0.15) is 62.8 Å². The Morgan fingerprint density at radius 3 is 2.22 bits per heavy atom. The summed E-state index contributed by atoms with van der Waals surface area (Å²) in [5.74, 6) is 2.94. The van der Waals surface area contributed by atoms with Crippen LogP contribution in [0.4, 0.5) is 4.79 Å². The fourth-order valence-corrected chi connectivity index (χ4v) is 6.80. The summed E-state index contributed by atoms with van der Waals surface area (Å²) in [6.45, 7) is 1.58. The SMILES string of the molecule is Cn1ccc(C2CCN(C(=O)NC34CC5CC(CC(C5)C3)C4)CC2)cc1=O. The molecule has 0 spiro atoms. The number of pyridine rings is 1. The molecule has 1 N–H and O–H groups in total. The molecule has 5 fully saturated rings. The van der Waals surface area contributed by atoms with Gasteiger partial charge in [-0.05, 0) is 86.7 Å². The predicted molar refractivity (Wildman–Crippen MR) is 105 cm³/mol. The molecule has 1 aliphatic heterocycles. The van der Waals surface area contributed by atoms with Crippen molar-refractivity contribution in [2.75, 3.05) is 13.1 Å². The van der Waals surface area contributed by atoms with Gasteiger partial charge in [-0.3, -0.25) is 4.79 Å². The normalized spacial score (nSPS) is 35.4. The standard InChI is InChI=1S/C22H31N3O2/c1-24-5-2-19(11-20(24)26)18-3-6-25(7-4-18)21(27)23-22-12-15-8-16(13-22)10-17(9-15)14-22/h2,5,11,15-18H,3-4,6-10,12-14H2,1H3,(H,23,27). The molecule has 4 aliphatic carbocycles. The zero-order chi connectivity index (χ0) is 18.6.